The van der Waals surface area contributed by atoms with Gasteiger partial charge in [-0.25, -0.2) is 0 Å². The van der Waals surface area contributed by atoms with Gasteiger partial charge in [-0.2, -0.15) is 0 Å². The first kappa shape index (κ1) is 16.4. The Labute approximate surface area is 136 Å². The molecule has 2 aromatic rings. The second-order valence-electron chi connectivity index (χ2n) is 5.44. The SMILES string of the molecule is CCC(C)C(c1ccccc1)C(O)c1ccc(Cl)c(Cl)c1. The van der Waals surface area contributed by atoms with Crippen LogP contribution in [0.25, 0.3) is 0 Å². The first-order valence-electron chi connectivity index (χ1n) is 7.22. The summed E-state index contributed by atoms with van der Waals surface area (Å²) < 4.78 is 0. The van der Waals surface area contributed by atoms with Crippen LogP contribution in [-0.2, 0) is 0 Å². The lowest BCUT2D eigenvalue weighted by Gasteiger charge is -2.29. The molecule has 3 atom stereocenters. The molecule has 2 rings (SSSR count). The lowest BCUT2D eigenvalue weighted by atomic mass is 9.79. The van der Waals surface area contributed by atoms with Crippen molar-refractivity contribution < 1.29 is 5.11 Å². The molecule has 0 aromatic heterocycles. The Kier molecular flexibility index (Phi) is 5.69. The van der Waals surface area contributed by atoms with Crippen molar-refractivity contribution >= 4 is 23.2 Å². The van der Waals surface area contributed by atoms with Gasteiger partial charge in [0.05, 0.1) is 16.1 Å². The van der Waals surface area contributed by atoms with Crippen LogP contribution in [-0.4, -0.2) is 5.11 Å². The van der Waals surface area contributed by atoms with E-state index in [9.17, 15) is 5.11 Å². The second-order valence-corrected chi connectivity index (χ2v) is 6.25. The van der Waals surface area contributed by atoms with Crippen LogP contribution in [0, 0.1) is 5.92 Å². The molecular weight excluding hydrogens is 303 g/mol. The molecule has 0 aliphatic carbocycles. The van der Waals surface area contributed by atoms with Gasteiger partial charge in [-0.05, 0) is 29.2 Å². The van der Waals surface area contributed by atoms with E-state index in [0.29, 0.717) is 16.0 Å². The molecule has 3 heteroatoms. The predicted molar refractivity (Wildman–Crippen MR) is 90.1 cm³/mol. The summed E-state index contributed by atoms with van der Waals surface area (Å²) in [5.41, 5.74) is 1.95. The highest BCUT2D eigenvalue weighted by Gasteiger charge is 2.27. The van der Waals surface area contributed by atoms with Gasteiger partial charge >= 0.3 is 0 Å². The van der Waals surface area contributed by atoms with Crippen molar-refractivity contribution in [2.24, 2.45) is 5.92 Å². The highest BCUT2D eigenvalue weighted by molar-refractivity contribution is 6.42. The minimum Gasteiger partial charge on any atom is -0.388 e. The molecule has 1 nitrogen and oxygen atoms in total. The Morgan fingerprint density at radius 2 is 1.62 bits per heavy atom. The lowest BCUT2D eigenvalue weighted by molar-refractivity contribution is 0.118. The van der Waals surface area contributed by atoms with E-state index >= 15 is 0 Å². The van der Waals surface area contributed by atoms with Gasteiger partial charge in [-0.15, -0.1) is 0 Å². The van der Waals surface area contributed by atoms with E-state index < -0.39 is 6.10 Å². The van der Waals surface area contributed by atoms with E-state index in [1.165, 1.54) is 0 Å². The van der Waals surface area contributed by atoms with Gasteiger partial charge in [0.1, 0.15) is 0 Å². The number of aliphatic hydroxyl groups excluding tert-OH is 1. The van der Waals surface area contributed by atoms with Crippen molar-refractivity contribution in [3.05, 3.63) is 69.7 Å². The lowest BCUT2D eigenvalue weighted by Crippen LogP contribution is -2.18. The van der Waals surface area contributed by atoms with Crippen LogP contribution in [0.4, 0.5) is 0 Å². The second kappa shape index (κ2) is 7.31. The quantitative estimate of drug-likeness (QED) is 0.731. The van der Waals surface area contributed by atoms with E-state index in [0.717, 1.165) is 17.5 Å². The molecule has 0 amide bonds. The molecule has 0 heterocycles. The minimum atomic E-state index is -0.600. The largest absolute Gasteiger partial charge is 0.388 e. The first-order chi connectivity index (χ1) is 10.0. The molecule has 0 aliphatic rings. The molecule has 0 spiro atoms. The Hall–Kier alpha value is -1.02. The van der Waals surface area contributed by atoms with Crippen molar-refractivity contribution in [1.82, 2.24) is 0 Å². The maximum absolute atomic E-state index is 10.8. The van der Waals surface area contributed by atoms with E-state index in [1.54, 1.807) is 12.1 Å². The smallest absolute Gasteiger partial charge is 0.0861 e. The summed E-state index contributed by atoms with van der Waals surface area (Å²) in [5, 5.41) is 11.8. The minimum absolute atomic E-state index is 0.0356. The summed E-state index contributed by atoms with van der Waals surface area (Å²) in [5.74, 6) is 0.394. The Morgan fingerprint density at radius 1 is 0.952 bits per heavy atom. The van der Waals surface area contributed by atoms with Crippen LogP contribution >= 0.6 is 23.2 Å². The van der Waals surface area contributed by atoms with E-state index in [4.69, 9.17) is 23.2 Å². The van der Waals surface area contributed by atoms with Crippen molar-refractivity contribution in [2.75, 3.05) is 0 Å². The number of hydrogen-bond donors (Lipinski definition) is 1. The summed E-state index contributed by atoms with van der Waals surface area (Å²) in [7, 11) is 0. The zero-order valence-corrected chi connectivity index (χ0v) is 13.8. The highest BCUT2D eigenvalue weighted by atomic mass is 35.5. The molecular formula is C18H20Cl2O. The van der Waals surface area contributed by atoms with Crippen molar-refractivity contribution in [3.63, 3.8) is 0 Å². The highest BCUT2D eigenvalue weighted by Crippen LogP contribution is 2.39. The molecule has 3 unspecified atom stereocenters. The fraction of sp³-hybridized carbons (Fsp3) is 0.333. The summed E-state index contributed by atoms with van der Waals surface area (Å²) in [6.45, 7) is 4.31. The van der Waals surface area contributed by atoms with Crippen LogP contribution in [0.3, 0.4) is 0 Å². The van der Waals surface area contributed by atoms with E-state index in [2.05, 4.69) is 26.0 Å². The molecule has 21 heavy (non-hydrogen) atoms. The van der Waals surface area contributed by atoms with Crippen molar-refractivity contribution in [1.29, 1.82) is 0 Å². The third-order valence-electron chi connectivity index (χ3n) is 4.07. The molecule has 0 saturated heterocycles. The number of aliphatic hydroxyl groups is 1. The van der Waals surface area contributed by atoms with E-state index in [1.807, 2.05) is 24.3 Å². The van der Waals surface area contributed by atoms with Gasteiger partial charge in [0.2, 0.25) is 0 Å². The molecule has 112 valence electrons. The van der Waals surface area contributed by atoms with Crippen molar-refractivity contribution in [3.8, 4) is 0 Å². The zero-order chi connectivity index (χ0) is 15.4. The van der Waals surface area contributed by atoms with Crippen LogP contribution < -0.4 is 0 Å². The maximum Gasteiger partial charge on any atom is 0.0861 e. The van der Waals surface area contributed by atoms with Gasteiger partial charge in [-0.1, -0.05) is 79.9 Å². The van der Waals surface area contributed by atoms with Gasteiger partial charge in [0, 0.05) is 5.92 Å². The summed E-state index contributed by atoms with van der Waals surface area (Å²) in [4.78, 5) is 0. The molecule has 2 aromatic carbocycles. The maximum atomic E-state index is 10.8. The topological polar surface area (TPSA) is 20.2 Å². The summed E-state index contributed by atoms with van der Waals surface area (Å²) in [6, 6.07) is 15.5. The number of rotatable bonds is 5. The first-order valence-corrected chi connectivity index (χ1v) is 7.98. The number of halogens is 2. The molecule has 0 bridgehead atoms. The van der Waals surface area contributed by atoms with Crippen LogP contribution in [0.15, 0.2) is 48.5 Å². The average Bonchev–Trinajstić information content (AvgIpc) is 2.51. The van der Waals surface area contributed by atoms with Gasteiger partial charge in [0.25, 0.3) is 0 Å². The van der Waals surface area contributed by atoms with Gasteiger partial charge in [-0.3, -0.25) is 0 Å². The molecule has 0 saturated carbocycles. The van der Waals surface area contributed by atoms with Crippen LogP contribution in [0.5, 0.6) is 0 Å². The molecule has 1 N–H and O–H groups in total. The normalized spacial score (nSPS) is 15.5. The molecule has 0 radical (unpaired) electrons. The fourth-order valence-electron chi connectivity index (χ4n) is 2.65. The zero-order valence-electron chi connectivity index (χ0n) is 12.3. The third kappa shape index (κ3) is 3.79. The summed E-state index contributed by atoms with van der Waals surface area (Å²) in [6.07, 6.45) is 0.398. The monoisotopic (exact) mass is 322 g/mol. The van der Waals surface area contributed by atoms with Gasteiger partial charge in [0.15, 0.2) is 0 Å². The predicted octanol–water partition coefficient (Wildman–Crippen LogP) is 5.86. The van der Waals surface area contributed by atoms with Crippen molar-refractivity contribution in [2.45, 2.75) is 32.3 Å². The average molecular weight is 323 g/mol. The van der Waals surface area contributed by atoms with Crippen LogP contribution in [0.1, 0.15) is 43.4 Å². The Balaban J connectivity index is 2.38. The standard InChI is InChI=1S/C18H20Cl2O/c1-3-12(2)17(13-7-5-4-6-8-13)18(21)14-9-10-15(19)16(20)11-14/h4-12,17-18,21H,3H2,1-2H3. The Bertz CT molecular complexity index is 583. The van der Waals surface area contributed by atoms with E-state index in [-0.39, 0.29) is 5.92 Å². The summed E-state index contributed by atoms with van der Waals surface area (Å²) >= 11 is 12.0. The van der Waals surface area contributed by atoms with Crippen LogP contribution in [0.2, 0.25) is 10.0 Å². The third-order valence-corrected chi connectivity index (χ3v) is 4.81. The Morgan fingerprint density at radius 3 is 2.19 bits per heavy atom. The molecule has 0 fully saturated rings. The number of hydrogen-bond acceptors (Lipinski definition) is 1. The van der Waals surface area contributed by atoms with Gasteiger partial charge < -0.3 is 5.11 Å². The number of benzene rings is 2. The fourth-order valence-corrected chi connectivity index (χ4v) is 2.96. The molecule has 0 aliphatic heterocycles.